The van der Waals surface area contributed by atoms with Crippen LogP contribution in [0.5, 0.6) is 11.6 Å². The highest BCUT2D eigenvalue weighted by atomic mass is 16.6. The molecule has 48 heavy (non-hydrogen) atoms. The molecule has 0 spiro atoms. The minimum atomic E-state index is -0.590. The Bertz CT molecular complexity index is 1650. The molecule has 3 amide bonds. The summed E-state index contributed by atoms with van der Waals surface area (Å²) < 4.78 is 28.1. The van der Waals surface area contributed by atoms with Crippen LogP contribution in [0.25, 0.3) is 11.3 Å². The molecule has 3 aliphatic heterocycles. The smallest absolute Gasteiger partial charge is 0.415 e. The molecule has 1 aromatic carbocycles. The van der Waals surface area contributed by atoms with Crippen LogP contribution in [-0.4, -0.2) is 96.8 Å². The predicted octanol–water partition coefficient (Wildman–Crippen LogP) is 3.99. The molecule has 14 nitrogen and oxygen atoms in total. The predicted molar refractivity (Wildman–Crippen MR) is 175 cm³/mol. The second kappa shape index (κ2) is 14.4. The topological polar surface area (TPSA) is 154 Å². The van der Waals surface area contributed by atoms with Crippen molar-refractivity contribution >= 4 is 29.7 Å². The third-order valence-electron chi connectivity index (χ3n) is 7.81. The number of amides is 3. The van der Waals surface area contributed by atoms with Gasteiger partial charge in [0.25, 0.3) is 5.91 Å². The van der Waals surface area contributed by atoms with Gasteiger partial charge in [0.15, 0.2) is 18.2 Å². The number of anilines is 2. The van der Waals surface area contributed by atoms with Crippen molar-refractivity contribution in [3.05, 3.63) is 60.2 Å². The first-order valence-corrected chi connectivity index (χ1v) is 16.0. The zero-order valence-electron chi connectivity index (χ0n) is 27.3. The second-order valence-corrected chi connectivity index (χ2v) is 12.7. The van der Waals surface area contributed by atoms with Crippen molar-refractivity contribution in [3.63, 3.8) is 0 Å². The number of aromatic nitrogens is 2. The second-order valence-electron chi connectivity index (χ2n) is 12.7. The summed E-state index contributed by atoms with van der Waals surface area (Å²) in [5, 5.41) is 6.09. The van der Waals surface area contributed by atoms with Crippen LogP contribution in [0.3, 0.4) is 0 Å². The van der Waals surface area contributed by atoms with E-state index in [9.17, 15) is 14.4 Å². The van der Waals surface area contributed by atoms with Crippen LogP contribution < -0.4 is 25.0 Å². The van der Waals surface area contributed by atoms with Crippen molar-refractivity contribution in [1.82, 2.24) is 20.2 Å². The molecule has 14 heteroatoms. The lowest BCUT2D eigenvalue weighted by Gasteiger charge is -2.36. The number of nitrogens with zero attached hydrogens (tertiary/aromatic N) is 4. The Morgan fingerprint density at radius 2 is 1.96 bits per heavy atom. The lowest BCUT2D eigenvalue weighted by Crippen LogP contribution is -2.52. The molecule has 2 saturated heterocycles. The van der Waals surface area contributed by atoms with E-state index in [0.717, 1.165) is 16.8 Å². The molecule has 3 aliphatic rings. The SMILES string of the molecule is CC(C)(C)OC(=O)N1CCOC[C@@H]1COc1cccc(-c2cccc(CNCCC3CN(c4ccc5c(n4)NC(=O)CO5)C(=O)O3)c2)n1. The van der Waals surface area contributed by atoms with Crippen molar-refractivity contribution in [2.24, 2.45) is 0 Å². The molecule has 6 rings (SSSR count). The first kappa shape index (κ1) is 33.0. The summed E-state index contributed by atoms with van der Waals surface area (Å²) >= 11 is 0. The fraction of sp³-hybridized carbons (Fsp3) is 0.441. The van der Waals surface area contributed by atoms with Gasteiger partial charge >= 0.3 is 12.2 Å². The monoisotopic (exact) mass is 660 g/mol. The number of cyclic esters (lactones) is 1. The summed E-state index contributed by atoms with van der Waals surface area (Å²) in [4.78, 5) is 49.1. The number of benzene rings is 1. The average Bonchev–Trinajstić information content (AvgIpc) is 3.45. The summed E-state index contributed by atoms with van der Waals surface area (Å²) in [6.45, 7) is 8.54. The number of ether oxygens (including phenoxy) is 5. The number of pyridine rings is 2. The molecule has 2 N–H and O–H groups in total. The van der Waals surface area contributed by atoms with E-state index in [1.54, 1.807) is 23.1 Å². The highest BCUT2D eigenvalue weighted by molar-refractivity contribution is 5.95. The Hall–Kier alpha value is -4.95. The van der Waals surface area contributed by atoms with Crippen LogP contribution in [0, 0.1) is 0 Å². The number of fused-ring (bicyclic) bond motifs is 1. The zero-order chi connectivity index (χ0) is 33.7. The number of rotatable bonds is 10. The summed E-state index contributed by atoms with van der Waals surface area (Å²) in [6, 6.07) is 16.8. The molecule has 0 aliphatic carbocycles. The Kier molecular flexibility index (Phi) is 9.92. The Morgan fingerprint density at radius 1 is 1.10 bits per heavy atom. The first-order valence-electron chi connectivity index (χ1n) is 16.0. The number of hydrogen-bond donors (Lipinski definition) is 2. The largest absolute Gasteiger partial charge is 0.480 e. The van der Waals surface area contributed by atoms with E-state index in [1.165, 1.54) is 4.90 Å². The van der Waals surface area contributed by atoms with Gasteiger partial charge < -0.3 is 34.3 Å². The quantitative estimate of drug-likeness (QED) is 0.304. The van der Waals surface area contributed by atoms with Crippen LogP contribution in [0.2, 0.25) is 0 Å². The third-order valence-corrected chi connectivity index (χ3v) is 7.81. The maximum Gasteiger partial charge on any atom is 0.415 e. The number of hydrogen-bond acceptors (Lipinski definition) is 11. The minimum Gasteiger partial charge on any atom is -0.480 e. The van der Waals surface area contributed by atoms with Gasteiger partial charge in [0.2, 0.25) is 5.88 Å². The number of carbonyl (C=O) groups is 3. The highest BCUT2D eigenvalue weighted by Crippen LogP contribution is 2.30. The van der Waals surface area contributed by atoms with Crippen molar-refractivity contribution in [2.45, 2.75) is 51.5 Å². The van der Waals surface area contributed by atoms with Crippen molar-refractivity contribution in [1.29, 1.82) is 0 Å². The van der Waals surface area contributed by atoms with Crippen molar-refractivity contribution < 1.29 is 38.1 Å². The maximum absolute atomic E-state index is 12.7. The molecule has 2 aromatic heterocycles. The normalized spacial score (nSPS) is 19.2. The van der Waals surface area contributed by atoms with Crippen molar-refractivity contribution in [2.75, 3.05) is 56.3 Å². The first-order chi connectivity index (χ1) is 23.1. The Balaban J connectivity index is 0.984. The molecule has 1 unspecified atom stereocenters. The van der Waals surface area contributed by atoms with Gasteiger partial charge in [-0.1, -0.05) is 24.3 Å². The molecule has 0 radical (unpaired) electrons. The van der Waals surface area contributed by atoms with Gasteiger partial charge in [-0.15, -0.1) is 0 Å². The average molecular weight is 661 g/mol. The van der Waals surface area contributed by atoms with E-state index >= 15 is 0 Å². The fourth-order valence-electron chi connectivity index (χ4n) is 5.49. The summed E-state index contributed by atoms with van der Waals surface area (Å²) in [5.74, 6) is 1.31. The van der Waals surface area contributed by atoms with E-state index in [4.69, 9.17) is 28.7 Å². The van der Waals surface area contributed by atoms with E-state index in [2.05, 4.69) is 21.7 Å². The molecule has 3 aromatic rings. The number of morpholine rings is 1. The Morgan fingerprint density at radius 3 is 2.81 bits per heavy atom. The Labute approximate surface area is 278 Å². The summed E-state index contributed by atoms with van der Waals surface area (Å²) in [5.41, 5.74) is 2.18. The molecule has 2 fully saturated rings. The van der Waals surface area contributed by atoms with Crippen LogP contribution in [0.15, 0.2) is 54.6 Å². The molecule has 254 valence electrons. The van der Waals surface area contributed by atoms with Crippen LogP contribution in [0.4, 0.5) is 21.2 Å². The maximum atomic E-state index is 12.7. The van der Waals surface area contributed by atoms with Gasteiger partial charge in [-0.25, -0.2) is 19.6 Å². The summed E-state index contributed by atoms with van der Waals surface area (Å²) in [7, 11) is 0. The molecule has 0 saturated carbocycles. The van der Waals surface area contributed by atoms with E-state index < -0.39 is 11.7 Å². The van der Waals surface area contributed by atoms with Gasteiger partial charge in [0, 0.05) is 24.7 Å². The van der Waals surface area contributed by atoms with Gasteiger partial charge in [0.05, 0.1) is 31.5 Å². The fourth-order valence-corrected chi connectivity index (χ4v) is 5.49. The summed E-state index contributed by atoms with van der Waals surface area (Å²) in [6.07, 6.45) is -0.545. The van der Waals surface area contributed by atoms with E-state index in [-0.39, 0.29) is 37.4 Å². The molecule has 2 atom stereocenters. The third kappa shape index (κ3) is 8.30. The van der Waals surface area contributed by atoms with E-state index in [0.29, 0.717) is 69.1 Å². The van der Waals surface area contributed by atoms with Gasteiger partial charge in [-0.05, 0) is 63.6 Å². The molecule has 0 bridgehead atoms. The molecule has 5 heterocycles. The van der Waals surface area contributed by atoms with Gasteiger partial charge in [-0.2, -0.15) is 0 Å². The van der Waals surface area contributed by atoms with Crippen LogP contribution in [0.1, 0.15) is 32.8 Å². The standard InChI is InChI=1S/C34H40N6O8/c1-34(2,3)48-33(43)39-14-15-44-19-24(39)20-46-30-9-5-8-26(36-30)23-7-4-6-22(16-23)17-35-13-12-25-18-40(32(42)47-25)28-11-10-27-31(37-28)38-29(41)21-45-27/h4-11,16,24-25,35H,12-15,17-21H2,1-3H3,(H,37,38,41)/t24-,25?/m1/s1. The lowest BCUT2D eigenvalue weighted by atomic mass is 10.1. The van der Waals surface area contributed by atoms with E-state index in [1.807, 2.05) is 51.1 Å². The van der Waals surface area contributed by atoms with Crippen molar-refractivity contribution in [3.8, 4) is 22.9 Å². The number of nitrogens with one attached hydrogen (secondary N) is 2. The van der Waals surface area contributed by atoms with Gasteiger partial charge in [0.1, 0.15) is 24.1 Å². The molecular formula is C34H40N6O8. The molecular weight excluding hydrogens is 620 g/mol. The minimum absolute atomic E-state index is 0.0615. The highest BCUT2D eigenvalue weighted by Gasteiger charge is 2.34. The zero-order valence-corrected chi connectivity index (χ0v) is 27.3. The lowest BCUT2D eigenvalue weighted by molar-refractivity contribution is -0.118. The van der Waals surface area contributed by atoms with Crippen LogP contribution in [-0.2, 0) is 25.5 Å². The number of carbonyl (C=O) groups excluding carboxylic acids is 3. The van der Waals surface area contributed by atoms with Gasteiger partial charge in [-0.3, -0.25) is 14.6 Å². The van der Waals surface area contributed by atoms with Crippen LogP contribution >= 0.6 is 0 Å².